The number of fused-ring (bicyclic) bond motifs is 1. The highest BCUT2D eigenvalue weighted by Crippen LogP contribution is 2.36. The molecule has 0 amide bonds. The Bertz CT molecular complexity index is 1080. The second-order valence-corrected chi connectivity index (χ2v) is 10.2. The minimum Gasteiger partial charge on any atom is -0.373 e. The van der Waals surface area contributed by atoms with Crippen molar-refractivity contribution >= 4 is 27.4 Å². The molecule has 0 bridgehead atoms. The van der Waals surface area contributed by atoms with Crippen molar-refractivity contribution in [3.63, 3.8) is 0 Å². The van der Waals surface area contributed by atoms with Gasteiger partial charge in [-0.1, -0.05) is 0 Å². The maximum Gasteiger partial charge on any atom is 0.146 e. The van der Waals surface area contributed by atoms with Crippen molar-refractivity contribution in [2.75, 3.05) is 37.7 Å². The number of anilines is 1. The third kappa shape index (κ3) is 4.21. The molecule has 31 heavy (non-hydrogen) atoms. The van der Waals surface area contributed by atoms with Crippen LogP contribution in [0, 0.1) is 27.7 Å². The van der Waals surface area contributed by atoms with Crippen molar-refractivity contribution in [3.8, 4) is 0 Å². The van der Waals surface area contributed by atoms with E-state index in [2.05, 4.69) is 46.4 Å². The summed E-state index contributed by atoms with van der Waals surface area (Å²) < 4.78 is 8.20. The Labute approximate surface area is 188 Å². The van der Waals surface area contributed by atoms with Crippen LogP contribution < -0.4 is 4.90 Å². The van der Waals surface area contributed by atoms with Crippen LogP contribution >= 0.6 is 11.3 Å². The summed E-state index contributed by atoms with van der Waals surface area (Å²) in [7, 11) is 0. The number of aryl methyl sites for hydroxylation is 4. The topological polar surface area (TPSA) is 59.3 Å². The van der Waals surface area contributed by atoms with E-state index in [1.54, 1.807) is 11.3 Å². The standard InChI is InChI=1S/C23H32N6OS/c1-15-11-16(2)29(26-15)13-19-12-28(9-10-30-19)22-21-17(3)18(4)31-23(21)25-20(24-22)14-27-7-5-6-8-27/h11,19H,5-10,12-14H2,1-4H3. The molecule has 5 heterocycles. The highest BCUT2D eigenvalue weighted by Gasteiger charge is 2.27. The van der Waals surface area contributed by atoms with Crippen molar-refractivity contribution in [1.82, 2.24) is 24.6 Å². The van der Waals surface area contributed by atoms with Gasteiger partial charge in [-0.15, -0.1) is 11.3 Å². The molecule has 0 spiro atoms. The highest BCUT2D eigenvalue weighted by atomic mass is 32.1. The first-order valence-electron chi connectivity index (χ1n) is 11.3. The number of aromatic nitrogens is 4. The van der Waals surface area contributed by atoms with Crippen LogP contribution in [0.25, 0.3) is 10.2 Å². The van der Waals surface area contributed by atoms with Gasteiger partial charge in [0.1, 0.15) is 16.5 Å². The number of thiophene rings is 1. The number of likely N-dealkylation sites (tertiary alicyclic amines) is 1. The molecule has 2 aliphatic rings. The zero-order chi connectivity index (χ0) is 21.5. The summed E-state index contributed by atoms with van der Waals surface area (Å²) in [4.78, 5) is 17.4. The van der Waals surface area contributed by atoms with Crippen molar-refractivity contribution in [3.05, 3.63) is 33.7 Å². The summed E-state index contributed by atoms with van der Waals surface area (Å²) in [5, 5.41) is 5.85. The normalized spacial score (nSPS) is 20.3. The Morgan fingerprint density at radius 3 is 2.65 bits per heavy atom. The smallest absolute Gasteiger partial charge is 0.146 e. The molecular formula is C23H32N6OS. The van der Waals surface area contributed by atoms with Gasteiger partial charge in [0.05, 0.1) is 36.9 Å². The van der Waals surface area contributed by atoms with Gasteiger partial charge in [0.15, 0.2) is 0 Å². The monoisotopic (exact) mass is 440 g/mol. The van der Waals surface area contributed by atoms with Crippen LogP contribution in [0.1, 0.15) is 40.5 Å². The quantitative estimate of drug-likeness (QED) is 0.604. The Hall–Kier alpha value is -2.03. The lowest BCUT2D eigenvalue weighted by molar-refractivity contribution is 0.0268. The van der Waals surface area contributed by atoms with Gasteiger partial charge in [-0.05, 0) is 65.3 Å². The van der Waals surface area contributed by atoms with E-state index in [4.69, 9.17) is 14.7 Å². The summed E-state index contributed by atoms with van der Waals surface area (Å²) in [6, 6.07) is 2.12. The van der Waals surface area contributed by atoms with E-state index in [1.165, 1.54) is 34.4 Å². The van der Waals surface area contributed by atoms with E-state index in [9.17, 15) is 0 Å². The van der Waals surface area contributed by atoms with Gasteiger partial charge in [-0.2, -0.15) is 5.10 Å². The Morgan fingerprint density at radius 1 is 1.10 bits per heavy atom. The van der Waals surface area contributed by atoms with E-state index in [0.717, 1.165) is 61.4 Å². The van der Waals surface area contributed by atoms with Crippen LogP contribution in [0.4, 0.5) is 5.82 Å². The van der Waals surface area contributed by atoms with Crippen molar-refractivity contribution in [2.45, 2.75) is 59.7 Å². The lowest BCUT2D eigenvalue weighted by Gasteiger charge is -2.34. The van der Waals surface area contributed by atoms with Crippen LogP contribution in [0.15, 0.2) is 6.07 Å². The van der Waals surface area contributed by atoms with Gasteiger partial charge < -0.3 is 9.64 Å². The molecule has 3 aromatic rings. The molecule has 3 aromatic heterocycles. The van der Waals surface area contributed by atoms with Crippen molar-refractivity contribution < 1.29 is 4.74 Å². The second-order valence-electron chi connectivity index (χ2n) is 8.96. The van der Waals surface area contributed by atoms with E-state index >= 15 is 0 Å². The Kier molecular flexibility index (Phi) is 5.71. The average Bonchev–Trinajstić information content (AvgIpc) is 3.43. The number of rotatable bonds is 5. The van der Waals surface area contributed by atoms with E-state index < -0.39 is 0 Å². The number of hydrogen-bond acceptors (Lipinski definition) is 7. The number of hydrogen-bond donors (Lipinski definition) is 0. The van der Waals surface area contributed by atoms with E-state index in [0.29, 0.717) is 6.61 Å². The highest BCUT2D eigenvalue weighted by molar-refractivity contribution is 7.18. The molecule has 8 heteroatoms. The fourth-order valence-corrected chi connectivity index (χ4v) is 5.83. The molecule has 7 nitrogen and oxygen atoms in total. The van der Waals surface area contributed by atoms with Crippen LogP contribution in [0.5, 0.6) is 0 Å². The van der Waals surface area contributed by atoms with Gasteiger partial charge in [-0.3, -0.25) is 9.58 Å². The second kappa shape index (κ2) is 8.48. The van der Waals surface area contributed by atoms with Gasteiger partial charge >= 0.3 is 0 Å². The first-order valence-corrected chi connectivity index (χ1v) is 12.2. The molecule has 0 aromatic carbocycles. The lowest BCUT2D eigenvalue weighted by Crippen LogP contribution is -2.45. The maximum atomic E-state index is 6.13. The summed E-state index contributed by atoms with van der Waals surface area (Å²) in [6.07, 6.45) is 2.66. The van der Waals surface area contributed by atoms with Gasteiger partial charge in [0.2, 0.25) is 0 Å². The molecule has 0 radical (unpaired) electrons. The van der Waals surface area contributed by atoms with Crippen LogP contribution in [0.3, 0.4) is 0 Å². The zero-order valence-electron chi connectivity index (χ0n) is 19.0. The minimum absolute atomic E-state index is 0.0961. The fourth-order valence-electron chi connectivity index (χ4n) is 4.79. The lowest BCUT2D eigenvalue weighted by atomic mass is 10.2. The Morgan fingerprint density at radius 2 is 1.90 bits per heavy atom. The maximum absolute atomic E-state index is 6.13. The largest absolute Gasteiger partial charge is 0.373 e. The summed E-state index contributed by atoms with van der Waals surface area (Å²) in [5.41, 5.74) is 3.54. The molecule has 2 aliphatic heterocycles. The molecule has 5 rings (SSSR count). The molecular weight excluding hydrogens is 408 g/mol. The van der Waals surface area contributed by atoms with E-state index in [1.807, 2.05) is 6.92 Å². The molecule has 0 aliphatic carbocycles. The number of ether oxygens (including phenoxy) is 1. The van der Waals surface area contributed by atoms with Gasteiger partial charge in [0.25, 0.3) is 0 Å². The molecule has 0 N–H and O–H groups in total. The van der Waals surface area contributed by atoms with Crippen molar-refractivity contribution in [2.24, 2.45) is 0 Å². The van der Waals surface area contributed by atoms with Crippen LogP contribution in [-0.2, 0) is 17.8 Å². The van der Waals surface area contributed by atoms with Gasteiger partial charge in [-0.25, -0.2) is 9.97 Å². The first-order chi connectivity index (χ1) is 15.0. The summed E-state index contributed by atoms with van der Waals surface area (Å²) in [6.45, 7) is 14.9. The average molecular weight is 441 g/mol. The molecule has 0 saturated carbocycles. The van der Waals surface area contributed by atoms with Crippen LogP contribution in [0.2, 0.25) is 0 Å². The third-order valence-corrected chi connectivity index (χ3v) is 7.64. The molecule has 1 atom stereocenters. The SMILES string of the molecule is Cc1cc(C)n(CC2CN(c3nc(CN4CCCC4)nc4sc(C)c(C)c34)CCO2)n1. The third-order valence-electron chi connectivity index (χ3n) is 6.54. The molecule has 1 unspecified atom stereocenters. The van der Waals surface area contributed by atoms with Crippen LogP contribution in [-0.4, -0.2) is 63.5 Å². The minimum atomic E-state index is 0.0961. The zero-order valence-corrected chi connectivity index (χ0v) is 19.8. The molecule has 166 valence electrons. The fraction of sp³-hybridized carbons (Fsp3) is 0.609. The van der Waals surface area contributed by atoms with E-state index in [-0.39, 0.29) is 6.10 Å². The number of morpholine rings is 1. The first kappa shape index (κ1) is 20.8. The summed E-state index contributed by atoms with van der Waals surface area (Å²) >= 11 is 1.80. The summed E-state index contributed by atoms with van der Waals surface area (Å²) in [5.74, 6) is 2.04. The Balaban J connectivity index is 1.45. The molecule has 2 fully saturated rings. The van der Waals surface area contributed by atoms with Gasteiger partial charge in [0, 0.05) is 23.7 Å². The predicted molar refractivity (Wildman–Crippen MR) is 125 cm³/mol. The predicted octanol–water partition coefficient (Wildman–Crippen LogP) is 3.62. The molecule has 2 saturated heterocycles. The van der Waals surface area contributed by atoms with Crippen molar-refractivity contribution in [1.29, 1.82) is 0 Å². The number of nitrogens with zero attached hydrogens (tertiary/aromatic N) is 6.